The predicted octanol–water partition coefficient (Wildman–Crippen LogP) is 13.3. The molecule has 0 radical (unpaired) electrons. The summed E-state index contributed by atoms with van der Waals surface area (Å²) < 4.78 is 2.19. The standard InChI is InChI=1S/C44H34Br2/c1-43(2)38-25-29(10-9-27-12-18-31(45)19-13-27)16-22-34(38)36-23-24-37-40-35-8-6-5-7-33(35)30(17-11-28-14-20-32(46)21-15-28)26-39(40)44(3,4)42(37)41(36)43/h5-26H,1-4H3/b10-9+,17-11+. The van der Waals surface area contributed by atoms with Gasteiger partial charge in [0.1, 0.15) is 0 Å². The van der Waals surface area contributed by atoms with Gasteiger partial charge in [-0.05, 0) is 108 Å². The van der Waals surface area contributed by atoms with E-state index < -0.39 is 0 Å². The highest BCUT2D eigenvalue weighted by Gasteiger charge is 2.46. The third-order valence-electron chi connectivity index (χ3n) is 10.1. The van der Waals surface area contributed by atoms with Gasteiger partial charge < -0.3 is 0 Å². The molecule has 0 unspecified atom stereocenters. The molecule has 0 nitrogen and oxygen atoms in total. The summed E-state index contributed by atoms with van der Waals surface area (Å²) >= 11 is 7.11. The van der Waals surface area contributed by atoms with E-state index in [0.717, 1.165) is 8.95 Å². The number of benzene rings is 6. The highest BCUT2D eigenvalue weighted by atomic mass is 79.9. The number of hydrogen-bond acceptors (Lipinski definition) is 0. The van der Waals surface area contributed by atoms with Crippen LogP contribution in [0.2, 0.25) is 0 Å². The molecule has 0 atom stereocenters. The maximum Gasteiger partial charge on any atom is 0.0175 e. The fourth-order valence-corrected chi connectivity index (χ4v) is 8.40. The average Bonchev–Trinajstić information content (AvgIpc) is 3.43. The van der Waals surface area contributed by atoms with Crippen molar-refractivity contribution in [3.63, 3.8) is 0 Å². The van der Waals surface area contributed by atoms with E-state index in [1.165, 1.54) is 77.5 Å². The minimum atomic E-state index is -0.149. The van der Waals surface area contributed by atoms with Gasteiger partial charge in [0.2, 0.25) is 0 Å². The van der Waals surface area contributed by atoms with Crippen LogP contribution in [0.25, 0.3) is 57.3 Å². The predicted molar refractivity (Wildman–Crippen MR) is 205 cm³/mol. The fourth-order valence-electron chi connectivity index (χ4n) is 7.87. The van der Waals surface area contributed by atoms with Crippen molar-refractivity contribution in [3.8, 4) is 22.3 Å². The lowest BCUT2D eigenvalue weighted by Crippen LogP contribution is -2.24. The van der Waals surface area contributed by atoms with Crippen LogP contribution >= 0.6 is 31.9 Å². The molecule has 224 valence electrons. The largest absolute Gasteiger partial charge is 0.0616 e. The minimum absolute atomic E-state index is 0.128. The van der Waals surface area contributed by atoms with Crippen LogP contribution in [-0.4, -0.2) is 0 Å². The first kappa shape index (κ1) is 29.4. The molecule has 6 aromatic carbocycles. The van der Waals surface area contributed by atoms with Crippen LogP contribution in [-0.2, 0) is 10.8 Å². The molecule has 0 aliphatic heterocycles. The molecule has 8 rings (SSSR count). The molecule has 46 heavy (non-hydrogen) atoms. The van der Waals surface area contributed by atoms with Gasteiger partial charge in [-0.1, -0.05) is 163 Å². The van der Waals surface area contributed by atoms with Crippen molar-refractivity contribution in [3.05, 3.63) is 163 Å². The van der Waals surface area contributed by atoms with Crippen molar-refractivity contribution >= 4 is 66.9 Å². The molecule has 2 heteroatoms. The van der Waals surface area contributed by atoms with Crippen LogP contribution in [0.4, 0.5) is 0 Å². The topological polar surface area (TPSA) is 0 Å². The van der Waals surface area contributed by atoms with E-state index >= 15 is 0 Å². The van der Waals surface area contributed by atoms with E-state index in [1.54, 1.807) is 0 Å². The summed E-state index contributed by atoms with van der Waals surface area (Å²) in [6.07, 6.45) is 8.96. The maximum absolute atomic E-state index is 3.57. The Morgan fingerprint density at radius 3 is 1.63 bits per heavy atom. The summed E-state index contributed by atoms with van der Waals surface area (Å²) in [7, 11) is 0. The molecule has 0 amide bonds. The quantitative estimate of drug-likeness (QED) is 0.159. The molecule has 2 aliphatic carbocycles. The molecule has 0 N–H and O–H groups in total. The van der Waals surface area contributed by atoms with Crippen LogP contribution in [0.1, 0.15) is 72.2 Å². The average molecular weight is 723 g/mol. The molecular weight excluding hydrogens is 688 g/mol. The molecule has 0 aromatic heterocycles. The van der Waals surface area contributed by atoms with E-state index in [4.69, 9.17) is 0 Å². The monoisotopic (exact) mass is 720 g/mol. The number of fused-ring (bicyclic) bond motifs is 9. The Morgan fingerprint density at radius 2 is 0.957 bits per heavy atom. The Bertz CT molecular complexity index is 2240. The van der Waals surface area contributed by atoms with Crippen molar-refractivity contribution < 1.29 is 0 Å². The second-order valence-electron chi connectivity index (χ2n) is 13.7. The Morgan fingerprint density at radius 1 is 0.457 bits per heavy atom. The van der Waals surface area contributed by atoms with E-state index in [2.05, 4.69) is 193 Å². The van der Waals surface area contributed by atoms with Gasteiger partial charge in [-0.25, -0.2) is 0 Å². The third kappa shape index (κ3) is 4.61. The zero-order valence-electron chi connectivity index (χ0n) is 26.5. The molecule has 0 spiro atoms. The zero-order valence-corrected chi connectivity index (χ0v) is 29.6. The third-order valence-corrected chi connectivity index (χ3v) is 11.2. The lowest BCUT2D eigenvalue weighted by molar-refractivity contribution is 0.601. The van der Waals surface area contributed by atoms with Crippen LogP contribution in [0.5, 0.6) is 0 Å². The Hall–Kier alpha value is -3.98. The first-order valence-electron chi connectivity index (χ1n) is 15.9. The van der Waals surface area contributed by atoms with Crippen molar-refractivity contribution in [1.82, 2.24) is 0 Å². The van der Waals surface area contributed by atoms with E-state index in [0.29, 0.717) is 0 Å². The van der Waals surface area contributed by atoms with Gasteiger partial charge in [-0.3, -0.25) is 0 Å². The minimum Gasteiger partial charge on any atom is -0.0616 e. The Labute approximate surface area is 288 Å². The molecule has 2 aliphatic rings. The van der Waals surface area contributed by atoms with Crippen LogP contribution in [0.15, 0.2) is 118 Å². The number of rotatable bonds is 4. The van der Waals surface area contributed by atoms with Gasteiger partial charge in [0, 0.05) is 19.8 Å². The van der Waals surface area contributed by atoms with Crippen LogP contribution < -0.4 is 0 Å². The highest BCUT2D eigenvalue weighted by molar-refractivity contribution is 9.10. The fraction of sp³-hybridized carbons (Fsp3) is 0.136. The molecular formula is C44H34Br2. The zero-order chi connectivity index (χ0) is 31.8. The van der Waals surface area contributed by atoms with Crippen molar-refractivity contribution in [2.24, 2.45) is 0 Å². The van der Waals surface area contributed by atoms with E-state index in [1.807, 2.05) is 0 Å². The molecule has 0 heterocycles. The lowest BCUT2D eigenvalue weighted by atomic mass is 9.72. The summed E-state index contributed by atoms with van der Waals surface area (Å²) in [5.74, 6) is 0. The first-order valence-corrected chi connectivity index (χ1v) is 17.5. The smallest absolute Gasteiger partial charge is 0.0175 e. The van der Waals surface area contributed by atoms with Crippen molar-refractivity contribution in [1.29, 1.82) is 0 Å². The van der Waals surface area contributed by atoms with Gasteiger partial charge in [0.15, 0.2) is 0 Å². The van der Waals surface area contributed by atoms with Gasteiger partial charge in [0.25, 0.3) is 0 Å². The second kappa shape index (κ2) is 10.8. The SMILES string of the molecule is CC1(C)c2cc(/C=C/c3ccc(Br)cc3)ccc2-c2ccc3c(c21)C(C)(C)c1cc(/C=C/c2ccc(Br)cc2)c2ccccc2c1-3. The summed E-state index contributed by atoms with van der Waals surface area (Å²) in [5.41, 5.74) is 15.9. The Kier molecular flexibility index (Phi) is 6.90. The van der Waals surface area contributed by atoms with Gasteiger partial charge in [-0.15, -0.1) is 0 Å². The van der Waals surface area contributed by atoms with Gasteiger partial charge >= 0.3 is 0 Å². The summed E-state index contributed by atoms with van der Waals surface area (Å²) in [5, 5.41) is 2.62. The Balaban J connectivity index is 1.26. The second-order valence-corrected chi connectivity index (χ2v) is 15.5. The first-order chi connectivity index (χ1) is 22.1. The maximum atomic E-state index is 3.57. The number of hydrogen-bond donors (Lipinski definition) is 0. The summed E-state index contributed by atoms with van der Waals surface area (Å²) in [4.78, 5) is 0. The van der Waals surface area contributed by atoms with Crippen LogP contribution in [0, 0.1) is 0 Å². The lowest BCUT2D eigenvalue weighted by Gasteiger charge is -2.31. The highest BCUT2D eigenvalue weighted by Crippen LogP contribution is 2.60. The van der Waals surface area contributed by atoms with Crippen molar-refractivity contribution in [2.75, 3.05) is 0 Å². The van der Waals surface area contributed by atoms with Gasteiger partial charge in [-0.2, -0.15) is 0 Å². The summed E-state index contributed by atoms with van der Waals surface area (Å²) in [6.45, 7) is 9.70. The molecule has 6 aromatic rings. The summed E-state index contributed by atoms with van der Waals surface area (Å²) in [6, 6.07) is 40.2. The molecule has 0 bridgehead atoms. The number of halogens is 2. The molecule has 0 saturated carbocycles. The molecule has 0 saturated heterocycles. The van der Waals surface area contributed by atoms with E-state index in [-0.39, 0.29) is 10.8 Å². The molecule has 0 fully saturated rings. The van der Waals surface area contributed by atoms with E-state index in [9.17, 15) is 0 Å². The van der Waals surface area contributed by atoms with Gasteiger partial charge in [0.05, 0.1) is 0 Å². The normalized spacial score (nSPS) is 15.3. The van der Waals surface area contributed by atoms with Crippen LogP contribution in [0.3, 0.4) is 0 Å². The van der Waals surface area contributed by atoms with Crippen molar-refractivity contribution in [2.45, 2.75) is 38.5 Å².